The van der Waals surface area contributed by atoms with Crippen LogP contribution in [0.4, 0.5) is 0 Å². The third kappa shape index (κ3) is 4.53. The minimum atomic E-state index is -0.378. The van der Waals surface area contributed by atoms with Crippen molar-refractivity contribution in [2.75, 3.05) is 7.11 Å². The average Bonchev–Trinajstić information content (AvgIpc) is 3.18. The largest absolute Gasteiger partial charge is 0.496 e. The minimum Gasteiger partial charge on any atom is -0.496 e. The van der Waals surface area contributed by atoms with E-state index in [1.165, 1.54) is 0 Å². The number of carbonyl (C=O) groups is 1. The van der Waals surface area contributed by atoms with Gasteiger partial charge in [0.1, 0.15) is 11.8 Å². The lowest BCUT2D eigenvalue weighted by Crippen LogP contribution is -2.27. The Morgan fingerprint density at radius 3 is 2.56 bits per heavy atom. The normalized spacial score (nSPS) is 13.0. The van der Waals surface area contributed by atoms with Crippen molar-refractivity contribution >= 4 is 5.91 Å². The number of ether oxygens (including phenoxy) is 1. The van der Waals surface area contributed by atoms with E-state index in [2.05, 4.69) is 15.5 Å². The van der Waals surface area contributed by atoms with Crippen molar-refractivity contribution in [3.63, 3.8) is 0 Å². The SMILES string of the molecule is COc1ccccc1-c1noc([C@H](C)NC(=O)C[C@@H](C)c2ccccc2)n1. The van der Waals surface area contributed by atoms with E-state index in [0.29, 0.717) is 23.9 Å². The van der Waals surface area contributed by atoms with Crippen molar-refractivity contribution < 1.29 is 14.1 Å². The van der Waals surface area contributed by atoms with Gasteiger partial charge in [0, 0.05) is 6.42 Å². The lowest BCUT2D eigenvalue weighted by atomic mass is 9.97. The Labute approximate surface area is 158 Å². The van der Waals surface area contributed by atoms with Crippen LogP contribution in [0.15, 0.2) is 59.1 Å². The number of hydrogen-bond acceptors (Lipinski definition) is 5. The maximum atomic E-state index is 12.4. The molecule has 0 bridgehead atoms. The second kappa shape index (κ2) is 8.49. The summed E-state index contributed by atoms with van der Waals surface area (Å²) in [5.74, 6) is 1.53. The summed E-state index contributed by atoms with van der Waals surface area (Å²) in [5, 5.41) is 6.94. The van der Waals surface area contributed by atoms with E-state index in [4.69, 9.17) is 9.26 Å². The maximum Gasteiger partial charge on any atom is 0.249 e. The predicted octanol–water partition coefficient (Wildman–Crippen LogP) is 4.12. The van der Waals surface area contributed by atoms with Gasteiger partial charge >= 0.3 is 0 Å². The maximum absolute atomic E-state index is 12.4. The third-order valence-electron chi connectivity index (χ3n) is 4.40. The van der Waals surface area contributed by atoms with Crippen LogP contribution in [0.3, 0.4) is 0 Å². The quantitative estimate of drug-likeness (QED) is 0.681. The van der Waals surface area contributed by atoms with Gasteiger partial charge in [0.25, 0.3) is 0 Å². The van der Waals surface area contributed by atoms with E-state index in [1.54, 1.807) is 7.11 Å². The molecule has 3 rings (SSSR count). The van der Waals surface area contributed by atoms with E-state index in [9.17, 15) is 4.79 Å². The highest BCUT2D eigenvalue weighted by Gasteiger charge is 2.20. The number of amides is 1. The van der Waals surface area contributed by atoms with Crippen molar-refractivity contribution in [2.24, 2.45) is 0 Å². The van der Waals surface area contributed by atoms with Crippen LogP contribution in [0.25, 0.3) is 11.4 Å². The van der Waals surface area contributed by atoms with Crippen molar-refractivity contribution in [1.29, 1.82) is 0 Å². The molecule has 2 aromatic carbocycles. The zero-order valence-corrected chi connectivity index (χ0v) is 15.7. The fourth-order valence-electron chi connectivity index (χ4n) is 2.89. The van der Waals surface area contributed by atoms with E-state index in [1.807, 2.05) is 68.4 Å². The topological polar surface area (TPSA) is 77.3 Å². The van der Waals surface area contributed by atoms with E-state index in [0.717, 1.165) is 11.1 Å². The molecule has 0 aliphatic heterocycles. The second-order valence-electron chi connectivity index (χ2n) is 6.46. The number of nitrogens with zero attached hydrogens (tertiary/aromatic N) is 2. The molecule has 0 spiro atoms. The van der Waals surface area contributed by atoms with Crippen LogP contribution in [0.5, 0.6) is 5.75 Å². The van der Waals surface area contributed by atoms with E-state index >= 15 is 0 Å². The lowest BCUT2D eigenvalue weighted by Gasteiger charge is -2.14. The van der Waals surface area contributed by atoms with Crippen LogP contribution in [-0.2, 0) is 4.79 Å². The highest BCUT2D eigenvalue weighted by molar-refractivity contribution is 5.77. The zero-order valence-electron chi connectivity index (χ0n) is 15.7. The van der Waals surface area contributed by atoms with Gasteiger partial charge < -0.3 is 14.6 Å². The number of aromatic nitrogens is 2. The molecule has 0 unspecified atom stereocenters. The van der Waals surface area contributed by atoms with Crippen LogP contribution in [-0.4, -0.2) is 23.2 Å². The molecular formula is C21H23N3O3. The molecule has 0 aliphatic carbocycles. The molecule has 140 valence electrons. The monoisotopic (exact) mass is 365 g/mol. The van der Waals surface area contributed by atoms with Crippen LogP contribution >= 0.6 is 0 Å². The number of nitrogens with one attached hydrogen (secondary N) is 1. The van der Waals surface area contributed by atoms with Gasteiger partial charge in [-0.3, -0.25) is 4.79 Å². The summed E-state index contributed by atoms with van der Waals surface area (Å²) < 4.78 is 10.7. The molecule has 0 aliphatic rings. The summed E-state index contributed by atoms with van der Waals surface area (Å²) in [5.41, 5.74) is 1.88. The molecule has 1 heterocycles. The van der Waals surface area contributed by atoms with Crippen molar-refractivity contribution in [2.45, 2.75) is 32.2 Å². The summed E-state index contributed by atoms with van der Waals surface area (Å²) in [6.45, 7) is 3.86. The smallest absolute Gasteiger partial charge is 0.249 e. The van der Waals surface area contributed by atoms with Gasteiger partial charge in [-0.25, -0.2) is 0 Å². The van der Waals surface area contributed by atoms with Crippen molar-refractivity contribution in [3.8, 4) is 17.1 Å². The molecule has 0 radical (unpaired) electrons. The van der Waals surface area contributed by atoms with Crippen molar-refractivity contribution in [3.05, 3.63) is 66.1 Å². The zero-order chi connectivity index (χ0) is 19.2. The molecule has 1 N–H and O–H groups in total. The number of benzene rings is 2. The highest BCUT2D eigenvalue weighted by atomic mass is 16.5. The molecule has 1 aromatic heterocycles. The molecule has 0 saturated carbocycles. The first-order valence-electron chi connectivity index (χ1n) is 8.89. The fourth-order valence-corrected chi connectivity index (χ4v) is 2.89. The van der Waals surface area contributed by atoms with Crippen LogP contribution in [0.1, 0.15) is 43.7 Å². The van der Waals surface area contributed by atoms with Gasteiger partial charge in [-0.2, -0.15) is 4.98 Å². The summed E-state index contributed by atoms with van der Waals surface area (Å²) in [7, 11) is 1.59. The third-order valence-corrected chi connectivity index (χ3v) is 4.40. The first-order valence-corrected chi connectivity index (χ1v) is 8.89. The van der Waals surface area contributed by atoms with E-state index < -0.39 is 0 Å². The van der Waals surface area contributed by atoms with Crippen LogP contribution in [0.2, 0.25) is 0 Å². The minimum absolute atomic E-state index is 0.0594. The number of hydrogen-bond donors (Lipinski definition) is 1. The molecule has 0 saturated heterocycles. The Morgan fingerprint density at radius 2 is 1.81 bits per heavy atom. The van der Waals surface area contributed by atoms with Crippen LogP contribution in [0, 0.1) is 0 Å². The fraction of sp³-hybridized carbons (Fsp3) is 0.286. The predicted molar refractivity (Wildman–Crippen MR) is 102 cm³/mol. The lowest BCUT2D eigenvalue weighted by molar-refractivity contribution is -0.122. The van der Waals surface area contributed by atoms with Gasteiger partial charge in [-0.1, -0.05) is 54.5 Å². The Hall–Kier alpha value is -3.15. The molecule has 3 aromatic rings. The molecule has 6 nitrogen and oxygen atoms in total. The standard InChI is InChI=1S/C21H23N3O3/c1-14(16-9-5-4-6-10-16)13-19(25)22-15(2)21-23-20(24-27-21)17-11-7-8-12-18(17)26-3/h4-12,14-15H,13H2,1-3H3,(H,22,25)/t14-,15+/m1/s1. The molecular weight excluding hydrogens is 342 g/mol. The summed E-state index contributed by atoms with van der Waals surface area (Å²) in [6, 6.07) is 17.0. The van der Waals surface area contributed by atoms with Crippen LogP contribution < -0.4 is 10.1 Å². The second-order valence-corrected chi connectivity index (χ2v) is 6.46. The number of rotatable bonds is 7. The first-order chi connectivity index (χ1) is 13.1. The molecule has 1 amide bonds. The number of para-hydroxylation sites is 1. The molecule has 2 atom stereocenters. The van der Waals surface area contributed by atoms with Gasteiger partial charge in [0.15, 0.2) is 0 Å². The highest BCUT2D eigenvalue weighted by Crippen LogP contribution is 2.28. The van der Waals surface area contributed by atoms with Gasteiger partial charge in [-0.15, -0.1) is 0 Å². The Balaban J connectivity index is 1.64. The number of carbonyl (C=O) groups excluding carboxylic acids is 1. The van der Waals surface area contributed by atoms with E-state index in [-0.39, 0.29) is 17.9 Å². The van der Waals surface area contributed by atoms with Crippen molar-refractivity contribution in [1.82, 2.24) is 15.5 Å². The summed E-state index contributed by atoms with van der Waals surface area (Å²) >= 11 is 0. The summed E-state index contributed by atoms with van der Waals surface area (Å²) in [6.07, 6.45) is 0.391. The molecule has 27 heavy (non-hydrogen) atoms. The Bertz CT molecular complexity index is 892. The molecule has 6 heteroatoms. The number of methoxy groups -OCH3 is 1. The Morgan fingerprint density at radius 1 is 1.11 bits per heavy atom. The summed E-state index contributed by atoms with van der Waals surface area (Å²) in [4.78, 5) is 16.8. The first kappa shape index (κ1) is 18.6. The van der Waals surface area contributed by atoms with Gasteiger partial charge in [0.2, 0.25) is 17.6 Å². The van der Waals surface area contributed by atoms with Gasteiger partial charge in [-0.05, 0) is 30.5 Å². The Kier molecular flexibility index (Phi) is 5.86. The van der Waals surface area contributed by atoms with Gasteiger partial charge in [0.05, 0.1) is 12.7 Å². The average molecular weight is 365 g/mol. The molecule has 0 fully saturated rings.